The zero-order chi connectivity index (χ0) is 17.7. The molecule has 2 fully saturated rings. The maximum absolute atomic E-state index is 12.4. The Hall–Kier alpha value is -0.820. The highest BCUT2D eigenvalue weighted by Crippen LogP contribution is 2.36. The van der Waals surface area contributed by atoms with E-state index in [4.69, 9.17) is 9.47 Å². The molecule has 0 aromatic heterocycles. The van der Waals surface area contributed by atoms with Crippen LogP contribution in [0, 0.1) is 5.92 Å². The van der Waals surface area contributed by atoms with Gasteiger partial charge in [-0.25, -0.2) is 4.79 Å². The highest BCUT2D eigenvalue weighted by Gasteiger charge is 2.43. The van der Waals surface area contributed by atoms with E-state index >= 15 is 0 Å². The van der Waals surface area contributed by atoms with Gasteiger partial charge in [-0.1, -0.05) is 6.92 Å². The van der Waals surface area contributed by atoms with Crippen LogP contribution in [0.25, 0.3) is 0 Å². The van der Waals surface area contributed by atoms with Crippen molar-refractivity contribution in [2.45, 2.75) is 51.5 Å². The normalized spacial score (nSPS) is 27.8. The lowest BCUT2D eigenvalue weighted by Gasteiger charge is -2.51. The van der Waals surface area contributed by atoms with E-state index in [0.717, 1.165) is 12.2 Å². The van der Waals surface area contributed by atoms with Crippen LogP contribution in [0.2, 0.25) is 0 Å². The van der Waals surface area contributed by atoms with Gasteiger partial charge >= 0.3 is 5.97 Å². The molecule has 0 spiro atoms. The Morgan fingerprint density at radius 2 is 1.85 bits per heavy atom. The molecule has 3 atom stereocenters. The largest absolute Gasteiger partial charge is 1.00 e. The van der Waals surface area contributed by atoms with Crippen LogP contribution in [-0.4, -0.2) is 49.8 Å². The van der Waals surface area contributed by atoms with E-state index in [1.54, 1.807) is 12.1 Å². The highest BCUT2D eigenvalue weighted by atomic mass is 127. The zero-order valence-corrected chi connectivity index (χ0v) is 18.2. The first-order valence-electron chi connectivity index (χ1n) is 9.86. The third kappa shape index (κ3) is 5.12. The first-order chi connectivity index (χ1) is 12.1. The summed E-state index contributed by atoms with van der Waals surface area (Å²) < 4.78 is 12.4. The first kappa shape index (κ1) is 21.5. The summed E-state index contributed by atoms with van der Waals surface area (Å²) in [5.74, 6) is 1.11. The van der Waals surface area contributed by atoms with Gasteiger partial charge in [-0.2, -0.15) is 0 Å². The van der Waals surface area contributed by atoms with Gasteiger partial charge < -0.3 is 37.9 Å². The van der Waals surface area contributed by atoms with Gasteiger partial charge in [0, 0.05) is 12.3 Å². The van der Waals surface area contributed by atoms with Gasteiger partial charge in [-0.3, -0.25) is 0 Å². The van der Waals surface area contributed by atoms with Gasteiger partial charge in [0.05, 0.1) is 38.3 Å². The van der Waals surface area contributed by atoms with Crippen LogP contribution in [0.5, 0.6) is 5.75 Å². The van der Waals surface area contributed by atoms with Crippen LogP contribution in [0.15, 0.2) is 24.3 Å². The van der Waals surface area contributed by atoms with Crippen LogP contribution in [0.4, 0.5) is 0 Å². The SMILES string of the molecule is CCCOc1ccc(C(=O)OC[C@@H]2CCC[N+]3(C)CCCC[C@H]23)cc1.[I-]. The maximum Gasteiger partial charge on any atom is 0.338 e. The third-order valence-electron chi connectivity index (χ3n) is 6.00. The van der Waals surface area contributed by atoms with E-state index in [1.165, 1.54) is 49.7 Å². The minimum atomic E-state index is -0.211. The van der Waals surface area contributed by atoms with Gasteiger partial charge in [-0.15, -0.1) is 0 Å². The van der Waals surface area contributed by atoms with Gasteiger partial charge in [0.15, 0.2) is 0 Å². The monoisotopic (exact) mass is 473 g/mol. The topological polar surface area (TPSA) is 35.5 Å². The fourth-order valence-electron chi connectivity index (χ4n) is 4.60. The molecular formula is C21H32INO3. The maximum atomic E-state index is 12.4. The highest BCUT2D eigenvalue weighted by molar-refractivity contribution is 5.89. The van der Waals surface area contributed by atoms with E-state index in [1.807, 2.05) is 12.1 Å². The van der Waals surface area contributed by atoms with Crippen LogP contribution in [-0.2, 0) is 4.74 Å². The molecule has 0 amide bonds. The number of halogens is 1. The lowest BCUT2D eigenvalue weighted by Crippen LogP contribution is -3.00. The minimum Gasteiger partial charge on any atom is -1.00 e. The van der Waals surface area contributed by atoms with Crippen molar-refractivity contribution >= 4 is 5.97 Å². The molecule has 2 aliphatic rings. The number of piperidine rings is 2. The molecule has 0 saturated carbocycles. The van der Waals surface area contributed by atoms with Gasteiger partial charge in [-0.05, 0) is 56.4 Å². The van der Waals surface area contributed by atoms with Crippen molar-refractivity contribution in [1.82, 2.24) is 0 Å². The van der Waals surface area contributed by atoms with E-state index in [-0.39, 0.29) is 29.9 Å². The molecule has 146 valence electrons. The molecule has 5 heteroatoms. The Labute approximate surface area is 174 Å². The lowest BCUT2D eigenvalue weighted by atomic mass is 9.82. The van der Waals surface area contributed by atoms with Crippen molar-refractivity contribution in [3.63, 3.8) is 0 Å². The summed E-state index contributed by atoms with van der Waals surface area (Å²) >= 11 is 0. The Morgan fingerprint density at radius 1 is 1.12 bits per heavy atom. The number of ether oxygens (including phenoxy) is 2. The predicted molar refractivity (Wildman–Crippen MR) is 98.8 cm³/mol. The Bertz CT molecular complexity index is 573. The van der Waals surface area contributed by atoms with E-state index in [9.17, 15) is 4.79 Å². The van der Waals surface area contributed by atoms with Gasteiger partial charge in [0.1, 0.15) is 12.4 Å². The second kappa shape index (κ2) is 9.93. The number of carbonyl (C=O) groups excluding carboxylic acids is 1. The number of rotatable bonds is 6. The third-order valence-corrected chi connectivity index (χ3v) is 6.00. The zero-order valence-electron chi connectivity index (χ0n) is 16.1. The van der Waals surface area contributed by atoms with Crippen molar-refractivity contribution in [2.75, 3.05) is 33.4 Å². The number of esters is 1. The molecule has 1 unspecified atom stereocenters. The summed E-state index contributed by atoms with van der Waals surface area (Å²) in [5.41, 5.74) is 0.612. The quantitative estimate of drug-likeness (QED) is 0.352. The average Bonchev–Trinajstić information content (AvgIpc) is 2.64. The second-order valence-electron chi connectivity index (χ2n) is 7.86. The van der Waals surface area contributed by atoms with Crippen LogP contribution < -0.4 is 28.7 Å². The molecule has 0 N–H and O–H groups in total. The average molecular weight is 473 g/mol. The van der Waals surface area contributed by atoms with E-state index in [2.05, 4.69) is 14.0 Å². The van der Waals surface area contributed by atoms with Crippen molar-refractivity contribution < 1.29 is 42.7 Å². The van der Waals surface area contributed by atoms with Crippen molar-refractivity contribution in [3.05, 3.63) is 29.8 Å². The molecule has 26 heavy (non-hydrogen) atoms. The molecule has 3 rings (SSSR count). The van der Waals surface area contributed by atoms with Gasteiger partial charge in [0.25, 0.3) is 0 Å². The molecule has 2 aliphatic heterocycles. The molecule has 2 heterocycles. The van der Waals surface area contributed by atoms with Crippen LogP contribution in [0.1, 0.15) is 55.8 Å². The smallest absolute Gasteiger partial charge is 0.338 e. The standard InChI is InChI=1S/C21H32NO3.HI/c1-3-15-24-19-11-9-17(10-12-19)21(23)25-16-18-7-6-14-22(2)13-5-4-8-20(18)22;/h9-12,18,20H,3-8,13-16H2,1-2H3;1H/q+1;/p-1/t18-,20+,22?;/m0./s1. The Balaban J connectivity index is 0.00000243. The number of fused-ring (bicyclic) bond motifs is 1. The molecule has 0 bridgehead atoms. The first-order valence-corrected chi connectivity index (χ1v) is 9.86. The van der Waals surface area contributed by atoms with Gasteiger partial charge in [0.2, 0.25) is 0 Å². The fraction of sp³-hybridized carbons (Fsp3) is 0.667. The number of nitrogens with zero attached hydrogens (tertiary/aromatic N) is 1. The molecule has 0 aliphatic carbocycles. The van der Waals surface area contributed by atoms with E-state index in [0.29, 0.717) is 30.7 Å². The summed E-state index contributed by atoms with van der Waals surface area (Å²) in [6.45, 7) is 5.91. The number of hydrogen-bond donors (Lipinski definition) is 0. The Morgan fingerprint density at radius 3 is 2.58 bits per heavy atom. The summed E-state index contributed by atoms with van der Waals surface area (Å²) in [4.78, 5) is 12.4. The number of quaternary nitrogens is 1. The molecule has 1 aromatic rings. The fourth-order valence-corrected chi connectivity index (χ4v) is 4.60. The summed E-state index contributed by atoms with van der Waals surface area (Å²) in [6, 6.07) is 7.97. The summed E-state index contributed by atoms with van der Waals surface area (Å²) in [7, 11) is 2.40. The van der Waals surface area contributed by atoms with Crippen molar-refractivity contribution in [1.29, 1.82) is 0 Å². The molecular weight excluding hydrogens is 441 g/mol. The predicted octanol–water partition coefficient (Wildman–Crippen LogP) is 1.05. The lowest BCUT2D eigenvalue weighted by molar-refractivity contribution is -0.947. The van der Waals surface area contributed by atoms with Crippen LogP contribution in [0.3, 0.4) is 0 Å². The van der Waals surface area contributed by atoms with Crippen molar-refractivity contribution in [2.24, 2.45) is 5.92 Å². The Kier molecular flexibility index (Phi) is 8.20. The number of carbonyl (C=O) groups is 1. The number of benzene rings is 1. The molecule has 0 radical (unpaired) electrons. The summed E-state index contributed by atoms with van der Waals surface area (Å²) in [5, 5.41) is 0. The summed E-state index contributed by atoms with van der Waals surface area (Å²) in [6.07, 6.45) is 7.36. The van der Waals surface area contributed by atoms with E-state index < -0.39 is 0 Å². The minimum absolute atomic E-state index is 0. The van der Waals surface area contributed by atoms with Crippen LogP contribution >= 0.6 is 0 Å². The van der Waals surface area contributed by atoms with Crippen molar-refractivity contribution in [3.8, 4) is 5.75 Å². The molecule has 2 saturated heterocycles. The second-order valence-corrected chi connectivity index (χ2v) is 7.86. The number of hydrogen-bond acceptors (Lipinski definition) is 3. The molecule has 4 nitrogen and oxygen atoms in total. The molecule has 1 aromatic carbocycles.